The summed E-state index contributed by atoms with van der Waals surface area (Å²) >= 11 is 3.17. The molecule has 10 heteroatoms. The number of rotatable bonds is 5. The predicted octanol–water partition coefficient (Wildman–Crippen LogP) is 7.12. The molecule has 0 fully saturated rings. The minimum atomic E-state index is -2.91. The average molecular weight is 720 g/mol. The Hall–Kier alpha value is -6.20. The van der Waals surface area contributed by atoms with Crippen LogP contribution in [0.5, 0.6) is 0 Å². The van der Waals surface area contributed by atoms with E-state index in [2.05, 4.69) is 120 Å². The molecule has 0 amide bonds. The first kappa shape index (κ1) is 29.5. The summed E-state index contributed by atoms with van der Waals surface area (Å²) in [4.78, 5) is 30.6. The smallest absolute Gasteiger partial charge is 0.226 e. The molecule has 0 bridgehead atoms. The molecule has 0 aliphatic carbocycles. The van der Waals surface area contributed by atoms with Gasteiger partial charge in [0.2, 0.25) is 8.07 Å². The molecule has 0 radical (unpaired) electrons. The van der Waals surface area contributed by atoms with Gasteiger partial charge in [-0.25, -0.2) is 29.9 Å². The van der Waals surface area contributed by atoms with E-state index < -0.39 is 8.07 Å². The average Bonchev–Trinajstić information content (AvgIpc) is 3.99. The van der Waals surface area contributed by atoms with Gasteiger partial charge in [0.1, 0.15) is 5.45 Å². The van der Waals surface area contributed by atoms with E-state index in [4.69, 9.17) is 29.9 Å². The summed E-state index contributed by atoms with van der Waals surface area (Å²) in [5.74, 6) is 1.65. The van der Waals surface area contributed by atoms with E-state index in [1.165, 1.54) is 21.2 Å². The molecule has 4 aromatic heterocycles. The van der Waals surface area contributed by atoms with Gasteiger partial charge >= 0.3 is 0 Å². The lowest BCUT2D eigenvalue weighted by Gasteiger charge is -2.28. The number of fused-ring (bicyclic) bond motifs is 7. The number of imidazole rings is 1. The van der Waals surface area contributed by atoms with Crippen LogP contribution in [-0.2, 0) is 0 Å². The van der Waals surface area contributed by atoms with E-state index in [-0.39, 0.29) is 0 Å². The lowest BCUT2D eigenvalue weighted by atomic mass is 10.2. The minimum Gasteiger partial charge on any atom is -0.299 e. The molecule has 11 rings (SSSR count). The maximum atomic E-state index is 5.44. The van der Waals surface area contributed by atoms with E-state index in [0.717, 1.165) is 52.5 Å². The van der Waals surface area contributed by atoms with Gasteiger partial charge in [0.15, 0.2) is 27.5 Å². The van der Waals surface area contributed by atoms with Crippen LogP contribution in [0.2, 0.25) is 0 Å². The Morgan fingerprint density at radius 2 is 1.02 bits per heavy atom. The largest absolute Gasteiger partial charge is 0.299 e. The van der Waals surface area contributed by atoms with Crippen molar-refractivity contribution in [2.75, 3.05) is 0 Å². The summed E-state index contributed by atoms with van der Waals surface area (Å²) in [5.41, 5.74) is 7.14. The highest BCUT2D eigenvalue weighted by Gasteiger charge is 2.51. The van der Waals surface area contributed by atoms with Gasteiger partial charge in [0, 0.05) is 11.3 Å². The van der Waals surface area contributed by atoms with E-state index in [1.54, 1.807) is 22.7 Å². The summed E-state index contributed by atoms with van der Waals surface area (Å²) < 4.78 is 4.55. The van der Waals surface area contributed by atoms with Crippen molar-refractivity contribution < 1.29 is 0 Å². The second-order valence-electron chi connectivity index (χ2n) is 12.8. The first-order valence-electron chi connectivity index (χ1n) is 17.0. The molecule has 10 aromatic rings. The highest BCUT2D eigenvalue weighted by Crippen LogP contribution is 2.34. The number of aromatic nitrogens is 7. The Morgan fingerprint density at radius 3 is 1.73 bits per heavy atom. The molecule has 0 N–H and O–H groups in total. The molecule has 1 atom stereocenters. The third kappa shape index (κ3) is 4.35. The fourth-order valence-electron chi connectivity index (χ4n) is 7.58. The Bertz CT molecular complexity index is 2850. The minimum absolute atomic E-state index is 0.536. The Morgan fingerprint density at radius 1 is 0.442 bits per heavy atom. The number of para-hydroxylation sites is 5. The van der Waals surface area contributed by atoms with Gasteiger partial charge in [-0.2, -0.15) is 0 Å². The van der Waals surface area contributed by atoms with Crippen LogP contribution >= 0.6 is 22.7 Å². The lowest BCUT2D eigenvalue weighted by Crippen LogP contribution is -2.73. The molecule has 6 aromatic carbocycles. The van der Waals surface area contributed by atoms with Crippen LogP contribution in [0.15, 0.2) is 152 Å². The summed E-state index contributed by atoms with van der Waals surface area (Å²) in [6.45, 7) is 0. The van der Waals surface area contributed by atoms with Crippen molar-refractivity contribution in [2.45, 2.75) is 0 Å². The van der Waals surface area contributed by atoms with Crippen molar-refractivity contribution >= 4 is 83.2 Å². The first-order valence-corrected chi connectivity index (χ1v) is 20.6. The number of hydrogen-bond donors (Lipinski definition) is 0. The van der Waals surface area contributed by atoms with Crippen LogP contribution < -0.4 is 21.0 Å². The number of hydrogen-bond acceptors (Lipinski definition) is 8. The predicted molar refractivity (Wildman–Crippen MR) is 214 cm³/mol. The molecule has 0 saturated carbocycles. The van der Waals surface area contributed by atoms with E-state index in [0.29, 0.717) is 17.5 Å². The second-order valence-corrected chi connectivity index (χ2v) is 18.5. The van der Waals surface area contributed by atoms with Gasteiger partial charge < -0.3 is 0 Å². The zero-order valence-electron chi connectivity index (χ0n) is 27.4. The van der Waals surface area contributed by atoms with Crippen LogP contribution in [0.25, 0.3) is 70.2 Å². The van der Waals surface area contributed by atoms with Crippen molar-refractivity contribution in [3.8, 4) is 38.7 Å². The fourth-order valence-corrected chi connectivity index (χ4v) is 14.3. The van der Waals surface area contributed by atoms with Gasteiger partial charge in [0.05, 0.1) is 31.5 Å². The highest BCUT2D eigenvalue weighted by molar-refractivity contribution is 7.22. The topological polar surface area (TPSA) is 82.3 Å². The van der Waals surface area contributed by atoms with Crippen molar-refractivity contribution in [1.29, 1.82) is 0 Å². The first-order chi connectivity index (χ1) is 25.7. The van der Waals surface area contributed by atoms with Crippen molar-refractivity contribution in [3.63, 3.8) is 0 Å². The standard InChI is InChI=1S/C42H25N7S2Si/c1-2-14-27(15-3-1)52(36-24-11-8-21-33(36)49-32-20-7-4-17-29(32)45-42(49)52)28-16-12-13-26(25-28)37-46-38(40-43-30-18-5-9-22-34(30)50-40)48-39(47-37)41-44-31-19-6-10-23-35(31)51-41/h1-25H. The summed E-state index contributed by atoms with van der Waals surface area (Å²) in [7, 11) is -2.91. The van der Waals surface area contributed by atoms with Gasteiger partial charge in [-0.3, -0.25) is 4.57 Å². The second kappa shape index (κ2) is 11.4. The summed E-state index contributed by atoms with van der Waals surface area (Å²) in [5, 5.41) is 5.29. The number of thiazole rings is 2. The Labute approximate surface area is 306 Å². The molecule has 244 valence electrons. The van der Waals surface area contributed by atoms with Crippen LogP contribution in [0.1, 0.15) is 0 Å². The third-order valence-electron chi connectivity index (χ3n) is 9.81. The Kier molecular flexibility index (Phi) is 6.47. The third-order valence-corrected chi connectivity index (χ3v) is 16.5. The molecule has 52 heavy (non-hydrogen) atoms. The molecule has 7 nitrogen and oxygen atoms in total. The molecule has 0 spiro atoms. The lowest BCUT2D eigenvalue weighted by molar-refractivity contribution is 1.07. The summed E-state index contributed by atoms with van der Waals surface area (Å²) in [6, 6.07) is 53.2. The number of nitrogens with zero attached hydrogens (tertiary/aromatic N) is 7. The molecule has 1 aliphatic heterocycles. The van der Waals surface area contributed by atoms with Gasteiger partial charge in [0.25, 0.3) is 0 Å². The van der Waals surface area contributed by atoms with Crippen LogP contribution in [0, 0.1) is 0 Å². The van der Waals surface area contributed by atoms with Gasteiger partial charge in [-0.1, -0.05) is 109 Å². The summed E-state index contributed by atoms with van der Waals surface area (Å²) in [6.07, 6.45) is 0. The van der Waals surface area contributed by atoms with E-state index in [1.807, 2.05) is 36.4 Å². The Balaban J connectivity index is 1.16. The van der Waals surface area contributed by atoms with Crippen LogP contribution in [0.3, 0.4) is 0 Å². The zero-order chi connectivity index (χ0) is 34.2. The quantitative estimate of drug-likeness (QED) is 0.176. The number of benzene rings is 6. The van der Waals surface area contributed by atoms with Crippen LogP contribution in [0.4, 0.5) is 0 Å². The maximum Gasteiger partial charge on any atom is 0.226 e. The normalized spacial score (nSPS) is 15.0. The maximum absolute atomic E-state index is 5.44. The highest BCUT2D eigenvalue weighted by atomic mass is 32.1. The zero-order valence-corrected chi connectivity index (χ0v) is 30.0. The molecule has 1 aliphatic rings. The van der Waals surface area contributed by atoms with Crippen LogP contribution in [-0.4, -0.2) is 42.5 Å². The molecular formula is C42H25N7S2Si. The molecule has 0 saturated heterocycles. The van der Waals surface area contributed by atoms with E-state index >= 15 is 0 Å². The fraction of sp³-hybridized carbons (Fsp3) is 0. The van der Waals surface area contributed by atoms with Crippen molar-refractivity contribution in [3.05, 3.63) is 152 Å². The van der Waals surface area contributed by atoms with Gasteiger partial charge in [-0.15, -0.1) is 22.7 Å². The SMILES string of the molecule is c1ccc([Si]2(c3cccc(-c4nc(-c5nc6ccccc6s5)nc(-c5nc6ccccc6s5)n4)c3)c3ccccc3-n3c2nc2ccccc23)cc1. The molecule has 1 unspecified atom stereocenters. The van der Waals surface area contributed by atoms with E-state index in [9.17, 15) is 0 Å². The monoisotopic (exact) mass is 719 g/mol. The van der Waals surface area contributed by atoms with Gasteiger partial charge in [-0.05, 0) is 58.0 Å². The molecular weight excluding hydrogens is 695 g/mol. The molecule has 5 heterocycles. The van der Waals surface area contributed by atoms with Crippen molar-refractivity contribution in [2.24, 2.45) is 0 Å². The van der Waals surface area contributed by atoms with Crippen molar-refractivity contribution in [1.82, 2.24) is 34.5 Å².